The van der Waals surface area contributed by atoms with Gasteiger partial charge < -0.3 is 0 Å². The molecule has 1 N–H and O–H groups in total. The van der Waals surface area contributed by atoms with Gasteiger partial charge in [-0.3, -0.25) is 4.55 Å². The average Bonchev–Trinajstić information content (AvgIpc) is 3.52. The molecular formula is C67H68O3P2S. The summed E-state index contributed by atoms with van der Waals surface area (Å²) in [6, 6.07) is 93.2. The van der Waals surface area contributed by atoms with Gasteiger partial charge in [-0.2, -0.15) is 8.42 Å². The first-order chi connectivity index (χ1) is 35.3. The summed E-state index contributed by atoms with van der Waals surface area (Å²) in [6.45, 7) is 9.79. The molecule has 0 aliphatic heterocycles. The predicted octanol–water partition coefficient (Wildman–Crippen LogP) is 13.4. The first-order valence-electron chi connectivity index (χ1n) is 25.9. The molecule has 73 heavy (non-hydrogen) atoms. The van der Waals surface area contributed by atoms with Gasteiger partial charge in [0.2, 0.25) is 0 Å². The first-order valence-corrected chi connectivity index (χ1v) is 31.8. The van der Waals surface area contributed by atoms with Crippen LogP contribution in [0.3, 0.4) is 0 Å². The van der Waals surface area contributed by atoms with Gasteiger partial charge >= 0.3 is 425 Å². The van der Waals surface area contributed by atoms with E-state index in [2.05, 4.69) is 258 Å². The zero-order chi connectivity index (χ0) is 50.7. The van der Waals surface area contributed by atoms with Gasteiger partial charge in [0.15, 0.2) is 0 Å². The summed E-state index contributed by atoms with van der Waals surface area (Å²) in [5.74, 6) is 0.256. The Hall–Kier alpha value is -6.25. The van der Waals surface area contributed by atoms with E-state index in [1.54, 1.807) is 12.1 Å². The van der Waals surface area contributed by atoms with Gasteiger partial charge in [-0.05, 0) is 0 Å². The number of hydrogen-bond acceptors (Lipinski definition) is 2. The summed E-state index contributed by atoms with van der Waals surface area (Å²) in [4.78, 5) is -0.0931. The fourth-order valence-corrected chi connectivity index (χ4v) is 23.4. The average molecular weight is 1020 g/mol. The van der Waals surface area contributed by atoms with Gasteiger partial charge in [0.1, 0.15) is 0 Å². The second-order valence-electron chi connectivity index (χ2n) is 21.2. The number of benzene rings is 9. The van der Waals surface area contributed by atoms with E-state index >= 15 is 0 Å². The molecule has 0 radical (unpaired) electrons. The third-order valence-corrected chi connectivity index (χ3v) is 28.5. The van der Waals surface area contributed by atoms with Crippen LogP contribution in [0.5, 0.6) is 0 Å². The molecule has 1 aliphatic rings. The molecule has 370 valence electrons. The molecule has 3 nitrogen and oxygen atoms in total. The van der Waals surface area contributed by atoms with Crippen LogP contribution in [-0.2, 0) is 38.7 Å². The summed E-state index contributed by atoms with van der Waals surface area (Å²) in [7, 11) is -9.55. The van der Waals surface area contributed by atoms with Crippen LogP contribution in [0.4, 0.5) is 0 Å². The zero-order valence-corrected chi connectivity index (χ0v) is 45.4. The van der Waals surface area contributed by atoms with Crippen LogP contribution in [0.15, 0.2) is 260 Å². The molecule has 0 saturated heterocycles. The van der Waals surface area contributed by atoms with Crippen LogP contribution in [-0.4, -0.2) is 13.0 Å². The normalized spacial score (nSPS) is 20.9. The molecule has 9 aromatic carbocycles. The molecule has 0 amide bonds. The second-order valence-corrected chi connectivity index (χ2v) is 30.4. The van der Waals surface area contributed by atoms with Gasteiger partial charge in [0.05, 0.1) is 0 Å². The maximum atomic E-state index is 12.6. The van der Waals surface area contributed by atoms with Gasteiger partial charge in [0, 0.05) is 0 Å². The SMILES string of the molecule is C[C@@H]1CCCC(C)(c2ccc(C[PH](c3ccccc3)(c3ccccc3)c3ccccc3)cc2)C(C)(c2ccc(S(=O)(=O)O)cc2)C1(C)c1ccc(C[PH](c2ccccc2)(c2ccccc2)c2ccccc2)cc1. The Morgan fingerprint density at radius 2 is 0.726 bits per heavy atom. The van der Waals surface area contributed by atoms with E-state index < -0.39 is 40.9 Å². The van der Waals surface area contributed by atoms with E-state index in [1.165, 1.54) is 54.1 Å². The Kier molecular flexibility index (Phi) is 14.2. The van der Waals surface area contributed by atoms with E-state index in [0.29, 0.717) is 0 Å². The predicted molar refractivity (Wildman–Crippen MR) is 315 cm³/mol. The van der Waals surface area contributed by atoms with Gasteiger partial charge in [-0.25, -0.2) is 0 Å². The van der Waals surface area contributed by atoms with Crippen LogP contribution in [0, 0.1) is 5.92 Å². The van der Waals surface area contributed by atoms with E-state index in [4.69, 9.17) is 0 Å². The minimum atomic E-state index is -4.40. The molecule has 1 saturated carbocycles. The van der Waals surface area contributed by atoms with Crippen LogP contribution >= 0.6 is 14.5 Å². The van der Waals surface area contributed by atoms with Gasteiger partial charge in [0.25, 0.3) is 0 Å². The molecule has 0 aromatic heterocycles. The summed E-state index contributed by atoms with van der Waals surface area (Å²) in [5.41, 5.74) is 4.79. The number of hydrogen-bond donors (Lipinski definition) is 1. The summed E-state index contributed by atoms with van der Waals surface area (Å²) in [6.07, 6.45) is 4.82. The van der Waals surface area contributed by atoms with E-state index in [-0.39, 0.29) is 10.8 Å². The van der Waals surface area contributed by atoms with Crippen molar-refractivity contribution < 1.29 is 13.0 Å². The topological polar surface area (TPSA) is 54.4 Å². The third-order valence-electron chi connectivity index (χ3n) is 17.9. The molecule has 3 unspecified atom stereocenters. The molecule has 0 heterocycles. The molecular weight excluding hydrogens is 947 g/mol. The fourth-order valence-electron chi connectivity index (χ4n) is 13.5. The van der Waals surface area contributed by atoms with Crippen LogP contribution in [0.1, 0.15) is 74.8 Å². The second kappa shape index (κ2) is 20.6. The van der Waals surface area contributed by atoms with E-state index in [0.717, 1.165) is 37.1 Å². The zero-order valence-electron chi connectivity index (χ0n) is 42.5. The Bertz CT molecular complexity index is 3170. The molecule has 0 bridgehead atoms. The van der Waals surface area contributed by atoms with Crippen molar-refractivity contribution in [2.45, 2.75) is 80.4 Å². The molecule has 10 rings (SSSR count). The van der Waals surface area contributed by atoms with Crippen molar-refractivity contribution >= 4 is 56.5 Å². The minimum absolute atomic E-state index is 0.0931. The molecule has 0 spiro atoms. The monoisotopic (exact) mass is 1010 g/mol. The molecule has 1 aliphatic carbocycles. The van der Waals surface area contributed by atoms with Crippen molar-refractivity contribution in [3.63, 3.8) is 0 Å². The first kappa shape index (κ1) is 50.3. The van der Waals surface area contributed by atoms with Crippen molar-refractivity contribution in [1.29, 1.82) is 0 Å². The standard InChI is InChI=1S/C67H68O3P2S/c1-52-24-23-49-65(2,55-41-37-53(38-42-55)50-71(58-25-11-5-12-26-58,59-27-13-6-14-28-59)60-29-15-7-16-30-60)67(4,57-45-47-64(48-46-57)73(68,69)70)66(52,3)56-43-39-54(40-44-56)51-72(61-31-17-8-18-32-61,62-33-19-9-20-34-62)63-35-21-10-22-36-63/h5-22,25-48,52,71-72H,23-24,49-51H2,1-4H3,(H,68,69,70)/t52-,65?,66?,67?/m1/s1. The Labute approximate surface area is 435 Å². The quantitative estimate of drug-likeness (QED) is 0.0671. The maximum absolute atomic E-state index is 12.6. The summed E-state index contributed by atoms with van der Waals surface area (Å²) in [5, 5.41) is 8.32. The molecule has 4 atom stereocenters. The molecule has 1 fully saturated rings. The van der Waals surface area contributed by atoms with Crippen LogP contribution in [0.2, 0.25) is 0 Å². The van der Waals surface area contributed by atoms with Crippen LogP contribution in [0.25, 0.3) is 0 Å². The third kappa shape index (κ3) is 8.95. The van der Waals surface area contributed by atoms with Crippen molar-refractivity contribution in [3.8, 4) is 0 Å². The Morgan fingerprint density at radius 1 is 0.425 bits per heavy atom. The van der Waals surface area contributed by atoms with Crippen molar-refractivity contribution in [2.24, 2.45) is 5.92 Å². The molecule has 6 heteroatoms. The van der Waals surface area contributed by atoms with Crippen molar-refractivity contribution in [3.05, 3.63) is 283 Å². The summed E-state index contributed by atoms with van der Waals surface area (Å²) >= 11 is 0. The number of rotatable bonds is 14. The van der Waals surface area contributed by atoms with Crippen molar-refractivity contribution in [2.75, 3.05) is 0 Å². The van der Waals surface area contributed by atoms with E-state index in [9.17, 15) is 13.0 Å². The Morgan fingerprint density at radius 3 is 1.04 bits per heavy atom. The van der Waals surface area contributed by atoms with E-state index in [1.807, 2.05) is 12.1 Å². The van der Waals surface area contributed by atoms with Crippen molar-refractivity contribution in [1.82, 2.24) is 0 Å². The van der Waals surface area contributed by atoms with Crippen LogP contribution < -0.4 is 31.8 Å². The van der Waals surface area contributed by atoms with Gasteiger partial charge in [-0.15, -0.1) is 0 Å². The van der Waals surface area contributed by atoms with Gasteiger partial charge in [-0.1, -0.05) is 0 Å². The molecule has 9 aromatic rings. The Balaban J connectivity index is 1.10. The fraction of sp³-hybridized carbons (Fsp3) is 0.194. The summed E-state index contributed by atoms with van der Waals surface area (Å²) < 4.78 is 35.4.